The Balaban J connectivity index is 0.00000364. The van der Waals surface area contributed by atoms with E-state index < -0.39 is 25.6 Å². The minimum absolute atomic E-state index is 0. The first-order valence-corrected chi connectivity index (χ1v) is 11.1. The van der Waals surface area contributed by atoms with E-state index in [0.29, 0.717) is 16.3 Å². The van der Waals surface area contributed by atoms with E-state index in [1.165, 1.54) is 22.7 Å². The zero-order chi connectivity index (χ0) is 19.2. The number of anilines is 1. The van der Waals surface area contributed by atoms with E-state index in [0.717, 1.165) is 0 Å². The van der Waals surface area contributed by atoms with E-state index in [-0.39, 0.29) is 76.5 Å². The third kappa shape index (κ3) is 7.26. The minimum Gasteiger partial charge on any atom is -0.674 e. The predicted molar refractivity (Wildman–Crippen MR) is 99.7 cm³/mol. The maximum absolute atomic E-state index is 14.4. The van der Waals surface area contributed by atoms with Gasteiger partial charge >= 0.3 is 13.7 Å². The van der Waals surface area contributed by atoms with Crippen LogP contribution >= 0.6 is 19.4 Å². The van der Waals surface area contributed by atoms with Crippen LogP contribution in [-0.2, 0) is 18.3 Å². The summed E-state index contributed by atoms with van der Waals surface area (Å²) < 4.78 is 42.2. The number of carbonyl (C=O) groups excluding carboxylic acids is 1. The number of carbonyl (C=O) groups is 1. The quantitative estimate of drug-likeness (QED) is 0.278. The number of rotatable bonds is 10. The first-order chi connectivity index (χ1) is 12.4. The van der Waals surface area contributed by atoms with Crippen molar-refractivity contribution in [2.45, 2.75) is 24.8 Å². The van der Waals surface area contributed by atoms with Crippen LogP contribution in [0.4, 0.5) is 14.9 Å². The Morgan fingerprint density at radius 2 is 2.04 bits per heavy atom. The average Bonchev–Trinajstić information content (AvgIpc) is 2.98. The number of hydrogen-bond acceptors (Lipinski definition) is 6. The van der Waals surface area contributed by atoms with Crippen molar-refractivity contribution in [1.29, 1.82) is 0 Å². The van der Waals surface area contributed by atoms with Crippen LogP contribution in [0.15, 0.2) is 23.1 Å². The Hall–Kier alpha value is 0.322. The van der Waals surface area contributed by atoms with Crippen molar-refractivity contribution in [3.63, 3.8) is 0 Å². The number of thioether (sulfide) groups is 1. The number of cyclic esters (lactones) is 1. The van der Waals surface area contributed by atoms with E-state index in [4.69, 9.17) is 19.5 Å². The molecule has 1 fully saturated rings. The largest absolute Gasteiger partial charge is 0.674 e. The van der Waals surface area contributed by atoms with Crippen LogP contribution in [0.5, 0.6) is 0 Å². The van der Waals surface area contributed by atoms with Crippen molar-refractivity contribution < 1.29 is 71.6 Å². The molecule has 1 aromatic rings. The molecular weight excluding hydrogens is 609 g/mol. The number of ether oxygens (including phenoxy) is 1. The van der Waals surface area contributed by atoms with E-state index in [2.05, 4.69) is 0 Å². The number of amides is 1. The van der Waals surface area contributed by atoms with Gasteiger partial charge in [0.1, 0.15) is 11.9 Å². The van der Waals surface area contributed by atoms with E-state index in [1.54, 1.807) is 26.0 Å². The summed E-state index contributed by atoms with van der Waals surface area (Å²) in [7, 11) is -3.15. The van der Waals surface area contributed by atoms with Gasteiger partial charge in [-0.2, -0.15) is 0 Å². The van der Waals surface area contributed by atoms with Gasteiger partial charge < -0.3 is 19.5 Å². The standard InChI is InChI=1S/C16H23FN2O5PS.Ac/c1-3-22-25(21,23-4-2)7-8-26-15-6-5-12(9-14(15)17)19-11-13(10-18)24-16(19)20;/h5-6,9,13,18H,3-4,7-8,10-11H2,1-2H3;/q-1;/t13-;/m0./s1. The van der Waals surface area contributed by atoms with Crippen molar-refractivity contribution in [3.8, 4) is 0 Å². The molecule has 27 heavy (non-hydrogen) atoms. The van der Waals surface area contributed by atoms with Crippen LogP contribution in [0.2, 0.25) is 0 Å². The second-order valence-electron chi connectivity index (χ2n) is 5.45. The van der Waals surface area contributed by atoms with Crippen molar-refractivity contribution in [2.24, 2.45) is 0 Å². The molecule has 1 amide bonds. The zero-order valence-corrected chi connectivity index (χ0v) is 21.8. The molecule has 0 aliphatic carbocycles. The molecule has 1 radical (unpaired) electrons. The molecular formula is C16H23AcFN2O5PS-. The minimum atomic E-state index is -3.15. The molecule has 7 nitrogen and oxygen atoms in total. The Morgan fingerprint density at radius 1 is 1.37 bits per heavy atom. The molecule has 0 saturated carbocycles. The van der Waals surface area contributed by atoms with Gasteiger partial charge in [0.2, 0.25) is 0 Å². The van der Waals surface area contributed by atoms with Crippen LogP contribution in [0, 0.1) is 49.9 Å². The molecule has 149 valence electrons. The van der Waals surface area contributed by atoms with Gasteiger partial charge in [-0.1, -0.05) is 0 Å². The van der Waals surface area contributed by atoms with Crippen LogP contribution in [0.1, 0.15) is 13.8 Å². The van der Waals surface area contributed by atoms with Gasteiger partial charge in [0.25, 0.3) is 0 Å². The van der Waals surface area contributed by atoms with Gasteiger partial charge in [-0.3, -0.25) is 9.46 Å². The fourth-order valence-electron chi connectivity index (χ4n) is 2.44. The van der Waals surface area contributed by atoms with Crippen LogP contribution < -0.4 is 4.90 Å². The Labute approximate surface area is 198 Å². The molecule has 1 aromatic carbocycles. The van der Waals surface area contributed by atoms with Gasteiger partial charge in [0.15, 0.2) is 0 Å². The number of hydrogen-bond donors (Lipinski definition) is 0. The second-order valence-corrected chi connectivity index (χ2v) is 8.78. The molecule has 1 N–H and O–H groups in total. The molecule has 0 aromatic heterocycles. The van der Waals surface area contributed by atoms with Gasteiger partial charge in [0, 0.05) is 54.7 Å². The SMILES string of the molecule is CCOP(=O)(CCSc1ccc(N2C[C@H](C[NH-])OC2=O)cc1F)OCC.[Ac]. The first kappa shape index (κ1) is 25.4. The van der Waals surface area contributed by atoms with Crippen molar-refractivity contribution in [1.82, 2.24) is 0 Å². The van der Waals surface area contributed by atoms with Gasteiger partial charge in [-0.05, 0) is 32.0 Å². The summed E-state index contributed by atoms with van der Waals surface area (Å²) >= 11 is 1.21. The summed E-state index contributed by atoms with van der Waals surface area (Å²) in [5.41, 5.74) is 7.67. The summed E-state index contributed by atoms with van der Waals surface area (Å²) in [4.78, 5) is 13.5. The maximum atomic E-state index is 14.4. The molecule has 0 unspecified atom stereocenters. The van der Waals surface area contributed by atoms with Gasteiger partial charge in [0.05, 0.1) is 31.6 Å². The Bertz CT molecular complexity index is 674. The predicted octanol–water partition coefficient (Wildman–Crippen LogP) is 4.56. The molecule has 1 aliphatic heterocycles. The number of nitrogens with zero attached hydrogens (tertiary/aromatic N) is 1. The van der Waals surface area contributed by atoms with Gasteiger partial charge in [-0.25, -0.2) is 9.18 Å². The third-order valence-corrected chi connectivity index (χ3v) is 7.03. The molecule has 2 rings (SSSR count). The van der Waals surface area contributed by atoms with Gasteiger partial charge in [-0.15, -0.1) is 18.3 Å². The normalized spacial score (nSPS) is 17.0. The van der Waals surface area contributed by atoms with Crippen LogP contribution in [0.3, 0.4) is 0 Å². The topological polar surface area (TPSA) is 88.9 Å². The van der Waals surface area contributed by atoms with E-state index in [1.807, 2.05) is 0 Å². The van der Waals surface area contributed by atoms with Crippen molar-refractivity contribution >= 4 is 31.1 Å². The fourth-order valence-corrected chi connectivity index (χ4v) is 5.40. The fraction of sp³-hybridized carbons (Fsp3) is 0.562. The molecule has 11 heteroatoms. The summed E-state index contributed by atoms with van der Waals surface area (Å²) in [5, 5.41) is 0. The summed E-state index contributed by atoms with van der Waals surface area (Å²) in [5.74, 6) is -0.0995. The van der Waals surface area contributed by atoms with E-state index >= 15 is 0 Å². The van der Waals surface area contributed by atoms with E-state index in [9.17, 15) is 13.8 Å². The maximum Gasteiger partial charge on any atom is 0.414 e. The molecule has 1 atom stereocenters. The summed E-state index contributed by atoms with van der Waals surface area (Å²) in [6.07, 6.45) is -0.883. The molecule has 0 bridgehead atoms. The Morgan fingerprint density at radius 3 is 2.56 bits per heavy atom. The number of benzene rings is 1. The second kappa shape index (κ2) is 12.1. The van der Waals surface area contributed by atoms with Crippen LogP contribution in [0.25, 0.3) is 5.73 Å². The van der Waals surface area contributed by atoms with Crippen molar-refractivity contribution in [3.05, 3.63) is 29.7 Å². The monoisotopic (exact) mass is 632 g/mol. The molecule has 1 aliphatic rings. The average molecular weight is 632 g/mol. The van der Waals surface area contributed by atoms with Crippen molar-refractivity contribution in [2.75, 3.05) is 43.1 Å². The number of nitrogens with one attached hydrogen (secondary N) is 1. The summed E-state index contributed by atoms with van der Waals surface area (Å²) in [6.45, 7) is 4.27. The molecule has 0 spiro atoms. The van der Waals surface area contributed by atoms with Crippen LogP contribution in [-0.4, -0.2) is 50.4 Å². The zero-order valence-electron chi connectivity index (χ0n) is 15.4. The smallest absolute Gasteiger partial charge is 0.414 e. The number of halogens is 1. The summed E-state index contributed by atoms with van der Waals surface area (Å²) in [6, 6.07) is 4.47. The molecule has 1 heterocycles. The Kier molecular flexibility index (Phi) is 11.4. The third-order valence-electron chi connectivity index (χ3n) is 3.60. The first-order valence-electron chi connectivity index (χ1n) is 8.35. The molecule has 1 saturated heterocycles.